The third kappa shape index (κ3) is 5.00. The number of thiazole rings is 1. The highest BCUT2D eigenvalue weighted by Crippen LogP contribution is 2.22. The first kappa shape index (κ1) is 17.4. The Labute approximate surface area is 152 Å². The van der Waals surface area contributed by atoms with Gasteiger partial charge in [0.1, 0.15) is 0 Å². The van der Waals surface area contributed by atoms with Gasteiger partial charge >= 0.3 is 0 Å². The summed E-state index contributed by atoms with van der Waals surface area (Å²) in [5, 5.41) is 3.55. The van der Waals surface area contributed by atoms with Gasteiger partial charge in [-0.15, -0.1) is 11.3 Å². The summed E-state index contributed by atoms with van der Waals surface area (Å²) in [4.78, 5) is 17.6. The maximum absolute atomic E-state index is 12.1. The third-order valence-corrected chi connectivity index (χ3v) is 4.94. The molecule has 3 rings (SSSR count). The fourth-order valence-electron chi connectivity index (χ4n) is 2.61. The lowest BCUT2D eigenvalue weighted by atomic mass is 10.0. The van der Waals surface area contributed by atoms with Crippen LogP contribution in [0, 0.1) is 0 Å². The average Bonchev–Trinajstić information content (AvgIpc) is 3.03. The van der Waals surface area contributed by atoms with Crippen LogP contribution in [-0.4, -0.2) is 10.9 Å². The monoisotopic (exact) mass is 350 g/mol. The number of amides is 1. The Bertz CT molecular complexity index is 823. The van der Waals surface area contributed by atoms with Gasteiger partial charge in [-0.25, -0.2) is 4.98 Å². The van der Waals surface area contributed by atoms with Crippen molar-refractivity contribution in [3.63, 3.8) is 0 Å². The van der Waals surface area contributed by atoms with E-state index in [2.05, 4.69) is 48.4 Å². The van der Waals surface area contributed by atoms with Gasteiger partial charge in [-0.3, -0.25) is 4.79 Å². The summed E-state index contributed by atoms with van der Waals surface area (Å²) in [6, 6.07) is 18.4. The van der Waals surface area contributed by atoms with E-state index in [1.807, 2.05) is 36.5 Å². The summed E-state index contributed by atoms with van der Waals surface area (Å²) in [7, 11) is 0. The van der Waals surface area contributed by atoms with Gasteiger partial charge in [0.15, 0.2) is 5.13 Å². The van der Waals surface area contributed by atoms with Crippen molar-refractivity contribution in [3.8, 4) is 0 Å². The zero-order valence-corrected chi connectivity index (χ0v) is 15.3. The van der Waals surface area contributed by atoms with Crippen LogP contribution in [0.3, 0.4) is 0 Å². The van der Waals surface area contributed by atoms with Crippen LogP contribution in [0.5, 0.6) is 0 Å². The number of hydrogen-bond acceptors (Lipinski definition) is 3. The van der Waals surface area contributed by atoms with Crippen molar-refractivity contribution in [3.05, 3.63) is 82.4 Å². The molecule has 0 unspecified atom stereocenters. The fraction of sp³-hybridized carbons (Fsp3) is 0.238. The summed E-state index contributed by atoms with van der Waals surface area (Å²) in [6.45, 7) is 4.39. The van der Waals surface area contributed by atoms with Gasteiger partial charge in [0, 0.05) is 17.5 Å². The third-order valence-electron chi connectivity index (χ3n) is 4.03. The highest BCUT2D eigenvalue weighted by Gasteiger charge is 2.08. The number of aromatic nitrogens is 1. The molecule has 0 atom stereocenters. The Hall–Kier alpha value is -2.46. The van der Waals surface area contributed by atoms with E-state index < -0.39 is 0 Å². The Kier molecular flexibility index (Phi) is 5.61. The quantitative estimate of drug-likeness (QED) is 0.677. The van der Waals surface area contributed by atoms with Gasteiger partial charge in [0.05, 0.1) is 6.42 Å². The minimum absolute atomic E-state index is 0.0339. The number of nitrogens with one attached hydrogen (secondary N) is 1. The molecule has 0 aliphatic carbocycles. The molecule has 0 radical (unpaired) electrons. The van der Waals surface area contributed by atoms with Crippen LogP contribution >= 0.6 is 11.3 Å². The predicted octanol–water partition coefficient (Wildman–Crippen LogP) is 5.04. The maximum Gasteiger partial charge on any atom is 0.230 e. The molecule has 3 aromatic rings. The topological polar surface area (TPSA) is 42.0 Å². The first-order valence-electron chi connectivity index (χ1n) is 8.47. The molecule has 1 heterocycles. The number of carbonyl (C=O) groups is 1. The second-order valence-electron chi connectivity index (χ2n) is 6.42. The smallest absolute Gasteiger partial charge is 0.230 e. The van der Waals surface area contributed by atoms with Gasteiger partial charge in [-0.05, 0) is 22.6 Å². The highest BCUT2D eigenvalue weighted by molar-refractivity contribution is 7.15. The number of benzene rings is 2. The molecule has 0 aliphatic heterocycles. The molecule has 1 amide bonds. The highest BCUT2D eigenvalue weighted by atomic mass is 32.1. The van der Waals surface area contributed by atoms with Gasteiger partial charge < -0.3 is 5.32 Å². The summed E-state index contributed by atoms with van der Waals surface area (Å²) < 4.78 is 0. The van der Waals surface area contributed by atoms with Crippen LogP contribution in [0.2, 0.25) is 0 Å². The first-order valence-corrected chi connectivity index (χ1v) is 9.29. The molecule has 4 heteroatoms. The molecule has 0 aliphatic rings. The number of rotatable bonds is 6. The fourth-order valence-corrected chi connectivity index (χ4v) is 3.48. The van der Waals surface area contributed by atoms with Crippen molar-refractivity contribution in [2.24, 2.45) is 0 Å². The van der Waals surface area contributed by atoms with Crippen molar-refractivity contribution >= 4 is 22.4 Å². The van der Waals surface area contributed by atoms with E-state index in [1.54, 1.807) is 0 Å². The van der Waals surface area contributed by atoms with Gasteiger partial charge in [-0.2, -0.15) is 0 Å². The van der Waals surface area contributed by atoms with Crippen LogP contribution in [-0.2, 0) is 17.6 Å². The summed E-state index contributed by atoms with van der Waals surface area (Å²) >= 11 is 1.53. The summed E-state index contributed by atoms with van der Waals surface area (Å²) in [5.74, 6) is 0.511. The molecule has 0 bridgehead atoms. The van der Waals surface area contributed by atoms with Gasteiger partial charge in [-0.1, -0.05) is 68.4 Å². The van der Waals surface area contributed by atoms with Crippen molar-refractivity contribution in [2.75, 3.05) is 5.32 Å². The summed E-state index contributed by atoms with van der Waals surface area (Å²) in [6.07, 6.45) is 3.05. The molecular weight excluding hydrogens is 328 g/mol. The molecule has 1 aromatic heterocycles. The molecule has 2 aromatic carbocycles. The van der Waals surface area contributed by atoms with Crippen LogP contribution in [0.1, 0.15) is 41.3 Å². The lowest BCUT2D eigenvalue weighted by Gasteiger charge is -2.06. The van der Waals surface area contributed by atoms with Crippen LogP contribution in [0.4, 0.5) is 5.13 Å². The Morgan fingerprint density at radius 3 is 2.44 bits per heavy atom. The van der Waals surface area contributed by atoms with Crippen LogP contribution in [0.15, 0.2) is 60.8 Å². The molecule has 25 heavy (non-hydrogen) atoms. The zero-order valence-electron chi connectivity index (χ0n) is 14.5. The lowest BCUT2D eigenvalue weighted by Crippen LogP contribution is -2.13. The standard InChI is InChI=1S/C21H22N2OS/c1-15(2)18-10-8-17(9-11-18)12-19-14-22-21(25-19)23-20(24)13-16-6-4-3-5-7-16/h3-11,14-15H,12-13H2,1-2H3,(H,22,23,24). The first-order chi connectivity index (χ1) is 12.1. The zero-order chi connectivity index (χ0) is 17.6. The van der Waals surface area contributed by atoms with Crippen molar-refractivity contribution in [1.82, 2.24) is 4.98 Å². The van der Waals surface area contributed by atoms with Gasteiger partial charge in [0.25, 0.3) is 0 Å². The maximum atomic E-state index is 12.1. The Morgan fingerprint density at radius 2 is 1.76 bits per heavy atom. The molecule has 0 saturated heterocycles. The molecule has 0 spiro atoms. The molecule has 1 N–H and O–H groups in total. The van der Waals surface area contributed by atoms with E-state index >= 15 is 0 Å². The van der Waals surface area contributed by atoms with E-state index in [0.717, 1.165) is 16.9 Å². The van der Waals surface area contributed by atoms with E-state index in [4.69, 9.17) is 0 Å². The lowest BCUT2D eigenvalue weighted by molar-refractivity contribution is -0.115. The molecular formula is C21H22N2OS. The van der Waals surface area contributed by atoms with Crippen LogP contribution in [0.25, 0.3) is 0 Å². The van der Waals surface area contributed by atoms with Crippen LogP contribution < -0.4 is 5.32 Å². The number of anilines is 1. The second-order valence-corrected chi connectivity index (χ2v) is 7.53. The molecule has 0 fully saturated rings. The van der Waals surface area contributed by atoms with Crippen molar-refractivity contribution in [2.45, 2.75) is 32.6 Å². The number of carbonyl (C=O) groups excluding carboxylic acids is 1. The van der Waals surface area contributed by atoms with Gasteiger partial charge in [0.2, 0.25) is 5.91 Å². The minimum Gasteiger partial charge on any atom is -0.302 e. The molecule has 3 nitrogen and oxygen atoms in total. The SMILES string of the molecule is CC(C)c1ccc(Cc2cnc(NC(=O)Cc3ccccc3)s2)cc1. The van der Waals surface area contributed by atoms with E-state index in [9.17, 15) is 4.79 Å². The van der Waals surface area contributed by atoms with E-state index in [1.165, 1.54) is 22.5 Å². The summed E-state index contributed by atoms with van der Waals surface area (Å²) in [5.41, 5.74) is 3.61. The number of nitrogens with zero attached hydrogens (tertiary/aromatic N) is 1. The Balaban J connectivity index is 1.57. The second kappa shape index (κ2) is 8.08. The Morgan fingerprint density at radius 1 is 1.04 bits per heavy atom. The average molecular weight is 350 g/mol. The van der Waals surface area contributed by atoms with E-state index in [-0.39, 0.29) is 5.91 Å². The number of hydrogen-bond donors (Lipinski definition) is 1. The minimum atomic E-state index is -0.0339. The normalized spacial score (nSPS) is 10.8. The largest absolute Gasteiger partial charge is 0.302 e. The molecule has 128 valence electrons. The molecule has 0 saturated carbocycles. The predicted molar refractivity (Wildman–Crippen MR) is 104 cm³/mol. The van der Waals surface area contributed by atoms with Crippen molar-refractivity contribution < 1.29 is 4.79 Å². The van der Waals surface area contributed by atoms with E-state index in [0.29, 0.717) is 17.5 Å². The van der Waals surface area contributed by atoms with Crippen molar-refractivity contribution in [1.29, 1.82) is 0 Å².